The number of carboxylic acid groups (broad SMARTS) is 1. The summed E-state index contributed by atoms with van der Waals surface area (Å²) in [5, 5.41) is 8.83. The number of carboxylic acids is 1. The topological polar surface area (TPSA) is 102 Å². The number of hydrogen-bond donors (Lipinski definition) is 1. The van der Waals surface area contributed by atoms with Crippen molar-refractivity contribution in [3.05, 3.63) is 29.8 Å². The van der Waals surface area contributed by atoms with Gasteiger partial charge < -0.3 is 24.2 Å². The van der Waals surface area contributed by atoms with Crippen molar-refractivity contribution in [2.24, 2.45) is 11.8 Å². The van der Waals surface area contributed by atoms with E-state index in [9.17, 15) is 14.4 Å². The van der Waals surface area contributed by atoms with E-state index in [1.807, 2.05) is 47.6 Å². The Labute approximate surface area is 189 Å². The molecule has 0 saturated carbocycles. The van der Waals surface area contributed by atoms with Gasteiger partial charge in [-0.15, -0.1) is 0 Å². The molecule has 1 aliphatic heterocycles. The average Bonchev–Trinajstić information content (AvgIpc) is 3.12. The van der Waals surface area contributed by atoms with Gasteiger partial charge in [0.25, 0.3) is 0 Å². The molecule has 0 bridgehead atoms. The number of esters is 1. The van der Waals surface area contributed by atoms with Crippen LogP contribution in [0.2, 0.25) is 0 Å². The summed E-state index contributed by atoms with van der Waals surface area (Å²) in [5.41, 5.74) is -0.388. The highest BCUT2D eigenvalue weighted by atomic mass is 16.6. The lowest BCUT2D eigenvalue weighted by Crippen LogP contribution is -2.38. The van der Waals surface area contributed by atoms with Gasteiger partial charge in [0, 0.05) is 13.1 Å². The zero-order chi connectivity index (χ0) is 24.1. The third kappa shape index (κ3) is 8.40. The van der Waals surface area contributed by atoms with Gasteiger partial charge in [0.15, 0.2) is 6.61 Å². The molecule has 2 atom stereocenters. The van der Waals surface area contributed by atoms with Crippen LogP contribution in [0.1, 0.15) is 53.5 Å². The van der Waals surface area contributed by atoms with Gasteiger partial charge in [0.2, 0.25) is 0 Å². The number of nitrogens with zero attached hydrogens (tertiary/aromatic N) is 1. The third-order valence-electron chi connectivity index (χ3n) is 4.87. The smallest absolute Gasteiger partial charge is 0.410 e. The fraction of sp³-hybridized carbons (Fsp3) is 0.625. The van der Waals surface area contributed by atoms with Crippen LogP contribution in [-0.4, -0.2) is 58.9 Å². The van der Waals surface area contributed by atoms with Crippen LogP contribution in [0.4, 0.5) is 4.79 Å². The SMILES string of the molecule is CC(C)(C)OC(=O)C(Cc1cccc(OCC(=O)O)c1)[C@H]1CCN(C(=O)OC(C)(C)C)C1. The first-order chi connectivity index (χ1) is 14.7. The van der Waals surface area contributed by atoms with Crippen molar-refractivity contribution in [2.75, 3.05) is 19.7 Å². The van der Waals surface area contributed by atoms with Gasteiger partial charge in [0.1, 0.15) is 17.0 Å². The van der Waals surface area contributed by atoms with Crippen molar-refractivity contribution in [1.29, 1.82) is 0 Å². The van der Waals surface area contributed by atoms with Crippen molar-refractivity contribution in [3.8, 4) is 5.75 Å². The number of aliphatic carboxylic acids is 1. The summed E-state index contributed by atoms with van der Waals surface area (Å²) in [4.78, 5) is 38.0. The van der Waals surface area contributed by atoms with Crippen molar-refractivity contribution in [3.63, 3.8) is 0 Å². The second kappa shape index (κ2) is 10.2. The predicted molar refractivity (Wildman–Crippen MR) is 119 cm³/mol. The molecule has 8 nitrogen and oxygen atoms in total. The van der Waals surface area contributed by atoms with Crippen LogP contribution in [0.15, 0.2) is 24.3 Å². The van der Waals surface area contributed by atoms with Crippen LogP contribution in [0.25, 0.3) is 0 Å². The van der Waals surface area contributed by atoms with E-state index in [-0.39, 0.29) is 18.0 Å². The van der Waals surface area contributed by atoms with E-state index < -0.39 is 29.7 Å². The van der Waals surface area contributed by atoms with Crippen molar-refractivity contribution in [1.82, 2.24) is 4.90 Å². The molecule has 1 aromatic rings. The van der Waals surface area contributed by atoms with Crippen LogP contribution >= 0.6 is 0 Å². The molecule has 0 radical (unpaired) electrons. The van der Waals surface area contributed by atoms with Crippen molar-refractivity contribution in [2.45, 2.75) is 65.6 Å². The Morgan fingerprint density at radius 3 is 2.34 bits per heavy atom. The van der Waals surface area contributed by atoms with E-state index in [1.165, 1.54) is 0 Å². The molecule has 1 aliphatic rings. The minimum atomic E-state index is -1.06. The first-order valence-corrected chi connectivity index (χ1v) is 10.9. The minimum Gasteiger partial charge on any atom is -0.482 e. The molecule has 32 heavy (non-hydrogen) atoms. The number of rotatable bonds is 7. The maximum Gasteiger partial charge on any atom is 0.410 e. The van der Waals surface area contributed by atoms with Gasteiger partial charge >= 0.3 is 18.0 Å². The van der Waals surface area contributed by atoms with E-state index in [0.717, 1.165) is 5.56 Å². The second-order valence-corrected chi connectivity index (χ2v) is 10.1. The van der Waals surface area contributed by atoms with E-state index >= 15 is 0 Å². The van der Waals surface area contributed by atoms with E-state index in [1.54, 1.807) is 23.1 Å². The highest BCUT2D eigenvalue weighted by Crippen LogP contribution is 2.31. The molecule has 1 N–H and O–H groups in total. The van der Waals surface area contributed by atoms with Gasteiger partial charge in [-0.25, -0.2) is 9.59 Å². The molecule has 0 aromatic heterocycles. The Bertz CT molecular complexity index is 822. The standard InChI is InChI=1S/C24H35NO7/c1-23(2,3)31-21(28)19(13-16-8-7-9-18(12-16)30-15-20(26)27)17-10-11-25(14-17)22(29)32-24(4,5)6/h7-9,12,17,19H,10-11,13-15H2,1-6H3,(H,26,27)/t17-,19?/m0/s1. The lowest BCUT2D eigenvalue weighted by Gasteiger charge is -2.28. The Kier molecular flexibility index (Phi) is 8.15. The number of carbonyl (C=O) groups is 3. The van der Waals surface area contributed by atoms with Crippen LogP contribution in [0.3, 0.4) is 0 Å². The summed E-state index contributed by atoms with van der Waals surface area (Å²) in [6.45, 7) is 11.4. The van der Waals surface area contributed by atoms with E-state index in [0.29, 0.717) is 31.7 Å². The molecule has 0 aliphatic carbocycles. The van der Waals surface area contributed by atoms with Crippen molar-refractivity contribution >= 4 is 18.0 Å². The molecular weight excluding hydrogens is 414 g/mol. The number of benzene rings is 1. The molecule has 0 spiro atoms. The minimum absolute atomic E-state index is 0.0824. The lowest BCUT2D eigenvalue weighted by atomic mass is 9.86. The maximum atomic E-state index is 13.1. The van der Waals surface area contributed by atoms with Gasteiger partial charge in [-0.1, -0.05) is 12.1 Å². The molecule has 1 fully saturated rings. The molecule has 1 unspecified atom stereocenters. The summed E-state index contributed by atoms with van der Waals surface area (Å²) in [5.74, 6) is -1.49. The molecule has 1 amide bonds. The number of hydrogen-bond acceptors (Lipinski definition) is 6. The van der Waals surface area contributed by atoms with Gasteiger partial charge in [-0.05, 0) is 78.0 Å². The molecular formula is C24H35NO7. The second-order valence-electron chi connectivity index (χ2n) is 10.1. The Morgan fingerprint density at radius 1 is 1.09 bits per heavy atom. The summed E-state index contributed by atoms with van der Waals surface area (Å²) < 4.78 is 16.4. The predicted octanol–water partition coefficient (Wildman–Crippen LogP) is 3.91. The Balaban J connectivity index is 2.17. The summed E-state index contributed by atoms with van der Waals surface area (Å²) in [6, 6.07) is 7.04. The average molecular weight is 450 g/mol. The number of amides is 1. The molecule has 2 rings (SSSR count). The van der Waals surface area contributed by atoms with Crippen LogP contribution in [-0.2, 0) is 25.5 Å². The quantitative estimate of drug-likeness (QED) is 0.630. The Hall–Kier alpha value is -2.77. The fourth-order valence-corrected chi connectivity index (χ4v) is 3.59. The van der Waals surface area contributed by atoms with Crippen LogP contribution in [0.5, 0.6) is 5.75 Å². The Morgan fingerprint density at radius 2 is 1.75 bits per heavy atom. The lowest BCUT2D eigenvalue weighted by molar-refractivity contribution is -0.162. The van der Waals surface area contributed by atoms with Gasteiger partial charge in [-0.2, -0.15) is 0 Å². The zero-order valence-corrected chi connectivity index (χ0v) is 19.8. The van der Waals surface area contributed by atoms with Crippen LogP contribution < -0.4 is 4.74 Å². The van der Waals surface area contributed by atoms with Crippen molar-refractivity contribution < 1.29 is 33.7 Å². The van der Waals surface area contributed by atoms with Gasteiger partial charge in [-0.3, -0.25) is 4.79 Å². The highest BCUT2D eigenvalue weighted by Gasteiger charge is 2.39. The summed E-state index contributed by atoms with van der Waals surface area (Å²) in [7, 11) is 0. The van der Waals surface area contributed by atoms with E-state index in [4.69, 9.17) is 19.3 Å². The van der Waals surface area contributed by atoms with E-state index in [2.05, 4.69) is 0 Å². The zero-order valence-electron chi connectivity index (χ0n) is 19.8. The van der Waals surface area contributed by atoms with Crippen LogP contribution in [0, 0.1) is 11.8 Å². The molecule has 1 saturated heterocycles. The first kappa shape index (κ1) is 25.5. The normalized spacial score (nSPS) is 17.6. The maximum absolute atomic E-state index is 13.1. The third-order valence-corrected chi connectivity index (χ3v) is 4.87. The molecule has 1 heterocycles. The molecule has 1 aromatic carbocycles. The number of carbonyl (C=O) groups excluding carboxylic acids is 2. The fourth-order valence-electron chi connectivity index (χ4n) is 3.59. The monoisotopic (exact) mass is 449 g/mol. The largest absolute Gasteiger partial charge is 0.482 e. The first-order valence-electron chi connectivity index (χ1n) is 10.9. The van der Waals surface area contributed by atoms with Gasteiger partial charge in [0.05, 0.1) is 5.92 Å². The summed E-state index contributed by atoms with van der Waals surface area (Å²) >= 11 is 0. The number of likely N-dealkylation sites (tertiary alicyclic amines) is 1. The summed E-state index contributed by atoms with van der Waals surface area (Å²) in [6.07, 6.45) is 0.677. The molecule has 178 valence electrons. The number of ether oxygens (including phenoxy) is 3. The highest BCUT2D eigenvalue weighted by molar-refractivity contribution is 5.74. The molecule has 8 heteroatoms.